The average Bonchev–Trinajstić information content (AvgIpc) is 3.44. The molecule has 0 unspecified atom stereocenters. The van der Waals surface area contributed by atoms with Gasteiger partial charge in [0.15, 0.2) is 16.3 Å². The number of halogens is 1. The predicted molar refractivity (Wildman–Crippen MR) is 198 cm³/mol. The van der Waals surface area contributed by atoms with Crippen LogP contribution in [0.3, 0.4) is 0 Å². The van der Waals surface area contributed by atoms with E-state index in [-0.39, 0.29) is 18.8 Å². The third-order valence-corrected chi connectivity index (χ3v) is 9.88. The number of ether oxygens (including phenoxy) is 3. The molecule has 0 aliphatic carbocycles. The minimum Gasteiger partial charge on any atom is -0.493 e. The molecule has 50 heavy (non-hydrogen) atoms. The standard InChI is InChI=1S/C40H34BrN3O5S/c1-5-48-39(46)34-35(29-9-7-6-8-10-29)43-40-44(36(34)30-17-15-28(16-18-30)24(2)3)38(45)33(50-40)21-27-19-31(41)37(32(20-27)47-4)49-23-26-13-11-25(22-42)12-14-26/h6-21,24,36H,5,23H2,1-4H3/b33-21-/t36-/m1/s1. The first-order chi connectivity index (χ1) is 24.2. The maximum Gasteiger partial charge on any atom is 0.338 e. The number of benzene rings is 4. The highest BCUT2D eigenvalue weighted by Crippen LogP contribution is 2.38. The average molecular weight is 749 g/mol. The Labute approximate surface area is 302 Å². The van der Waals surface area contributed by atoms with Crippen molar-refractivity contribution in [2.75, 3.05) is 13.7 Å². The summed E-state index contributed by atoms with van der Waals surface area (Å²) in [6.07, 6.45) is 1.79. The van der Waals surface area contributed by atoms with E-state index in [1.54, 1.807) is 42.9 Å². The molecule has 1 aromatic heterocycles. The maximum absolute atomic E-state index is 14.4. The maximum atomic E-state index is 14.4. The van der Waals surface area contributed by atoms with Crippen molar-refractivity contribution < 1.29 is 19.0 Å². The summed E-state index contributed by atoms with van der Waals surface area (Å²) >= 11 is 4.88. The van der Waals surface area contributed by atoms with Gasteiger partial charge in [0.05, 0.1) is 51.7 Å². The Morgan fingerprint density at radius 1 is 1.06 bits per heavy atom. The minimum atomic E-state index is -0.761. The van der Waals surface area contributed by atoms with Gasteiger partial charge in [-0.15, -0.1) is 0 Å². The van der Waals surface area contributed by atoms with Crippen LogP contribution >= 0.6 is 27.3 Å². The normalized spacial score (nSPS) is 14.2. The molecule has 10 heteroatoms. The largest absolute Gasteiger partial charge is 0.493 e. The Balaban J connectivity index is 1.47. The van der Waals surface area contributed by atoms with Crippen LogP contribution < -0.4 is 24.4 Å². The molecular weight excluding hydrogens is 714 g/mol. The summed E-state index contributed by atoms with van der Waals surface area (Å²) in [7, 11) is 1.56. The number of aromatic nitrogens is 1. The van der Waals surface area contributed by atoms with Gasteiger partial charge in [-0.2, -0.15) is 5.26 Å². The quantitative estimate of drug-likeness (QED) is 0.139. The van der Waals surface area contributed by atoms with Crippen LogP contribution in [0.1, 0.15) is 66.1 Å². The topological polar surface area (TPSA) is 103 Å². The lowest BCUT2D eigenvalue weighted by molar-refractivity contribution is -0.138. The number of fused-ring (bicyclic) bond motifs is 1. The van der Waals surface area contributed by atoms with Crippen molar-refractivity contribution in [1.82, 2.24) is 4.57 Å². The highest BCUT2D eigenvalue weighted by molar-refractivity contribution is 9.10. The van der Waals surface area contributed by atoms with E-state index in [1.165, 1.54) is 11.3 Å². The van der Waals surface area contributed by atoms with Gasteiger partial charge < -0.3 is 14.2 Å². The van der Waals surface area contributed by atoms with Crippen LogP contribution in [0, 0.1) is 11.3 Å². The van der Waals surface area contributed by atoms with Crippen molar-refractivity contribution in [3.63, 3.8) is 0 Å². The van der Waals surface area contributed by atoms with Crippen LogP contribution in [-0.4, -0.2) is 24.3 Å². The Morgan fingerprint density at radius 2 is 1.78 bits per heavy atom. The van der Waals surface area contributed by atoms with Gasteiger partial charge >= 0.3 is 5.97 Å². The first-order valence-electron chi connectivity index (χ1n) is 16.1. The summed E-state index contributed by atoms with van der Waals surface area (Å²) in [6, 6.07) is 29.7. The molecule has 1 aliphatic heterocycles. The van der Waals surface area contributed by atoms with E-state index >= 15 is 0 Å². The number of esters is 1. The smallest absolute Gasteiger partial charge is 0.338 e. The Bertz CT molecular complexity index is 2300. The highest BCUT2D eigenvalue weighted by atomic mass is 79.9. The first-order valence-corrected chi connectivity index (χ1v) is 17.7. The Morgan fingerprint density at radius 3 is 2.42 bits per heavy atom. The van der Waals surface area contributed by atoms with Crippen LogP contribution in [-0.2, 0) is 16.1 Å². The van der Waals surface area contributed by atoms with Crippen LogP contribution in [0.15, 0.2) is 111 Å². The summed E-state index contributed by atoms with van der Waals surface area (Å²) in [5, 5.41) is 9.09. The van der Waals surface area contributed by atoms with Crippen molar-refractivity contribution in [2.45, 2.75) is 39.3 Å². The van der Waals surface area contributed by atoms with E-state index in [9.17, 15) is 9.59 Å². The van der Waals surface area contributed by atoms with Crippen molar-refractivity contribution in [3.05, 3.63) is 154 Å². The second kappa shape index (κ2) is 15.1. The number of carbonyl (C=O) groups excluding carboxylic acids is 1. The molecule has 0 amide bonds. The lowest BCUT2D eigenvalue weighted by Gasteiger charge is -2.26. The van der Waals surface area contributed by atoms with E-state index in [1.807, 2.05) is 72.8 Å². The van der Waals surface area contributed by atoms with Crippen molar-refractivity contribution >= 4 is 45.0 Å². The van der Waals surface area contributed by atoms with E-state index < -0.39 is 12.0 Å². The lowest BCUT2D eigenvalue weighted by Crippen LogP contribution is -2.40. The van der Waals surface area contributed by atoms with E-state index in [2.05, 4.69) is 35.8 Å². The van der Waals surface area contributed by atoms with Gasteiger partial charge in [0.25, 0.3) is 5.56 Å². The monoisotopic (exact) mass is 747 g/mol. The van der Waals surface area contributed by atoms with E-state index in [0.29, 0.717) is 53.6 Å². The molecule has 252 valence electrons. The number of nitrogens with zero attached hydrogens (tertiary/aromatic N) is 3. The summed E-state index contributed by atoms with van der Waals surface area (Å²) in [5.41, 5.74) is 5.36. The van der Waals surface area contributed by atoms with Crippen molar-refractivity contribution in [2.24, 2.45) is 4.99 Å². The van der Waals surface area contributed by atoms with Crippen LogP contribution in [0.25, 0.3) is 11.8 Å². The number of thiazole rings is 1. The minimum absolute atomic E-state index is 0.178. The summed E-state index contributed by atoms with van der Waals surface area (Å²) in [5.74, 6) is 0.778. The molecule has 8 nitrogen and oxygen atoms in total. The van der Waals surface area contributed by atoms with Crippen molar-refractivity contribution in [3.8, 4) is 17.6 Å². The van der Waals surface area contributed by atoms with Crippen LogP contribution in [0.4, 0.5) is 0 Å². The Kier molecular flexibility index (Phi) is 10.5. The van der Waals surface area contributed by atoms with Gasteiger partial charge in [0.1, 0.15) is 6.61 Å². The predicted octanol–water partition coefficient (Wildman–Crippen LogP) is 7.28. The molecule has 4 aromatic carbocycles. The molecule has 2 heterocycles. The lowest BCUT2D eigenvalue weighted by atomic mass is 9.91. The molecule has 0 fully saturated rings. The van der Waals surface area contributed by atoms with Gasteiger partial charge in [-0.3, -0.25) is 9.36 Å². The van der Waals surface area contributed by atoms with Gasteiger partial charge in [0.2, 0.25) is 0 Å². The number of rotatable bonds is 10. The van der Waals surface area contributed by atoms with Gasteiger partial charge in [-0.05, 0) is 81.4 Å². The zero-order valence-electron chi connectivity index (χ0n) is 28.0. The molecule has 6 rings (SSSR count). The van der Waals surface area contributed by atoms with Crippen LogP contribution in [0.5, 0.6) is 11.5 Å². The zero-order chi connectivity index (χ0) is 35.4. The van der Waals surface area contributed by atoms with E-state index in [4.69, 9.17) is 24.5 Å². The fourth-order valence-corrected chi connectivity index (χ4v) is 7.34. The molecule has 0 saturated carbocycles. The summed E-state index contributed by atoms with van der Waals surface area (Å²) in [4.78, 5) is 33.6. The second-order valence-electron chi connectivity index (χ2n) is 11.9. The first kappa shape index (κ1) is 34.6. The molecule has 0 N–H and O–H groups in total. The van der Waals surface area contributed by atoms with Crippen LogP contribution in [0.2, 0.25) is 0 Å². The van der Waals surface area contributed by atoms with Crippen molar-refractivity contribution in [1.29, 1.82) is 5.26 Å². The number of methoxy groups -OCH3 is 1. The third-order valence-electron chi connectivity index (χ3n) is 8.31. The number of hydrogen-bond donors (Lipinski definition) is 0. The van der Waals surface area contributed by atoms with Gasteiger partial charge in [-0.25, -0.2) is 9.79 Å². The number of nitriles is 1. The fraction of sp³-hybridized carbons (Fsp3) is 0.200. The molecule has 0 saturated heterocycles. The third kappa shape index (κ3) is 7.06. The second-order valence-corrected chi connectivity index (χ2v) is 13.7. The highest BCUT2D eigenvalue weighted by Gasteiger charge is 2.35. The molecule has 0 radical (unpaired) electrons. The number of carbonyl (C=O) groups is 1. The molecule has 1 aliphatic rings. The number of hydrogen-bond acceptors (Lipinski definition) is 8. The molecule has 5 aromatic rings. The van der Waals surface area contributed by atoms with E-state index in [0.717, 1.165) is 22.3 Å². The molecule has 1 atom stereocenters. The molecule has 0 bridgehead atoms. The summed E-state index contributed by atoms with van der Waals surface area (Å²) in [6.45, 7) is 6.45. The fourth-order valence-electron chi connectivity index (χ4n) is 5.76. The SMILES string of the molecule is CCOC(=O)C1=C(c2ccccc2)N=c2s/c(=C\c3cc(Br)c(OCc4ccc(C#N)cc4)c(OC)c3)c(=O)n2[C@@H]1c1ccc(C(C)C)cc1. The molecular formula is C40H34BrN3O5S. The van der Waals surface area contributed by atoms with Gasteiger partial charge in [0, 0.05) is 5.56 Å². The summed E-state index contributed by atoms with van der Waals surface area (Å²) < 4.78 is 20.1. The molecule has 0 spiro atoms. The van der Waals surface area contributed by atoms with Gasteiger partial charge in [-0.1, -0.05) is 91.9 Å². The zero-order valence-corrected chi connectivity index (χ0v) is 30.4. The Hall–Kier alpha value is -5.24.